The summed E-state index contributed by atoms with van der Waals surface area (Å²) in [4.78, 5) is 18.4. The van der Waals surface area contributed by atoms with E-state index >= 15 is 0 Å². The molecule has 2 heterocycles. The first-order valence-electron chi connectivity index (χ1n) is 7.78. The third kappa shape index (κ3) is 3.92. The second-order valence-electron chi connectivity index (χ2n) is 5.75. The fourth-order valence-corrected chi connectivity index (χ4v) is 2.99. The Labute approximate surface area is 149 Å². The number of nitrogens with zero attached hydrogens (tertiary/aromatic N) is 3. The molecule has 0 aliphatic heterocycles. The summed E-state index contributed by atoms with van der Waals surface area (Å²) in [6.07, 6.45) is 0. The van der Waals surface area contributed by atoms with E-state index in [0.29, 0.717) is 29.4 Å². The molecular formula is C18H16N4O2S. The minimum absolute atomic E-state index is 0.181. The van der Waals surface area contributed by atoms with Gasteiger partial charge in [-0.25, -0.2) is 0 Å². The number of aromatic nitrogens is 2. The molecule has 2 aromatic heterocycles. The van der Waals surface area contributed by atoms with E-state index in [2.05, 4.69) is 15.5 Å². The van der Waals surface area contributed by atoms with Crippen LogP contribution in [0.2, 0.25) is 0 Å². The quantitative estimate of drug-likeness (QED) is 0.755. The van der Waals surface area contributed by atoms with Crippen LogP contribution in [0.1, 0.15) is 46.4 Å². The summed E-state index contributed by atoms with van der Waals surface area (Å²) in [5, 5.41) is 15.6. The lowest BCUT2D eigenvalue weighted by molar-refractivity contribution is 0.0951. The van der Waals surface area contributed by atoms with Crippen LogP contribution in [0.5, 0.6) is 0 Å². The maximum atomic E-state index is 12.1. The maximum absolute atomic E-state index is 12.1. The van der Waals surface area contributed by atoms with Gasteiger partial charge in [0.05, 0.1) is 23.1 Å². The van der Waals surface area contributed by atoms with Gasteiger partial charge in [-0.2, -0.15) is 10.2 Å². The third-order valence-electron chi connectivity index (χ3n) is 3.53. The highest BCUT2D eigenvalue weighted by Crippen LogP contribution is 2.27. The monoisotopic (exact) mass is 352 g/mol. The fraction of sp³-hybridized carbons (Fsp3) is 0.222. The number of thiophene rings is 1. The van der Waals surface area contributed by atoms with Gasteiger partial charge in [0.2, 0.25) is 0 Å². The third-order valence-corrected chi connectivity index (χ3v) is 4.60. The van der Waals surface area contributed by atoms with Crippen LogP contribution in [0.3, 0.4) is 0 Å². The van der Waals surface area contributed by atoms with E-state index in [1.165, 1.54) is 11.3 Å². The van der Waals surface area contributed by atoms with Gasteiger partial charge in [0.1, 0.15) is 0 Å². The molecule has 1 N–H and O–H groups in total. The SMILES string of the molecule is CC(C)c1noc(-c2ccc(CNC(=O)c3ccc(C#N)cc3)s2)n1. The zero-order valence-electron chi connectivity index (χ0n) is 13.8. The molecule has 0 unspecified atom stereocenters. The molecule has 0 aliphatic rings. The van der Waals surface area contributed by atoms with Crippen molar-refractivity contribution in [2.24, 2.45) is 0 Å². The normalized spacial score (nSPS) is 10.6. The molecule has 7 heteroatoms. The topological polar surface area (TPSA) is 91.8 Å². The van der Waals surface area contributed by atoms with Gasteiger partial charge < -0.3 is 9.84 Å². The first-order chi connectivity index (χ1) is 12.1. The molecule has 6 nitrogen and oxygen atoms in total. The average Bonchev–Trinajstić information content (AvgIpc) is 3.29. The molecule has 0 fully saturated rings. The van der Waals surface area contributed by atoms with E-state index in [4.69, 9.17) is 9.78 Å². The van der Waals surface area contributed by atoms with Crippen LogP contribution in [-0.4, -0.2) is 16.0 Å². The van der Waals surface area contributed by atoms with Gasteiger partial charge in [-0.1, -0.05) is 19.0 Å². The first kappa shape index (κ1) is 16.9. The zero-order chi connectivity index (χ0) is 17.8. The Morgan fingerprint density at radius 1 is 1.28 bits per heavy atom. The van der Waals surface area contributed by atoms with Crippen LogP contribution in [0, 0.1) is 11.3 Å². The van der Waals surface area contributed by atoms with Gasteiger partial charge in [-0.05, 0) is 36.4 Å². The number of carbonyl (C=O) groups is 1. The molecule has 1 amide bonds. The van der Waals surface area contributed by atoms with Crippen LogP contribution < -0.4 is 5.32 Å². The van der Waals surface area contributed by atoms with Gasteiger partial charge in [0.15, 0.2) is 5.82 Å². The molecule has 0 radical (unpaired) electrons. The Bertz CT molecular complexity index is 919. The van der Waals surface area contributed by atoms with Crippen LogP contribution in [0.4, 0.5) is 0 Å². The number of carbonyl (C=O) groups excluding carboxylic acids is 1. The van der Waals surface area contributed by atoms with Crippen molar-refractivity contribution in [2.45, 2.75) is 26.3 Å². The summed E-state index contributed by atoms with van der Waals surface area (Å²) in [6.45, 7) is 4.43. The Hall–Kier alpha value is -2.98. The number of rotatable bonds is 5. The summed E-state index contributed by atoms with van der Waals surface area (Å²) < 4.78 is 5.28. The van der Waals surface area contributed by atoms with E-state index in [9.17, 15) is 4.79 Å². The lowest BCUT2D eigenvalue weighted by Crippen LogP contribution is -2.22. The molecule has 0 saturated heterocycles. The van der Waals surface area contributed by atoms with Gasteiger partial charge in [-0.3, -0.25) is 4.79 Å². The highest BCUT2D eigenvalue weighted by Gasteiger charge is 2.14. The van der Waals surface area contributed by atoms with E-state index in [1.54, 1.807) is 24.3 Å². The van der Waals surface area contributed by atoms with Crippen LogP contribution >= 0.6 is 11.3 Å². The molecule has 3 rings (SSSR count). The zero-order valence-corrected chi connectivity index (χ0v) is 14.6. The van der Waals surface area contributed by atoms with Crippen molar-refractivity contribution in [1.29, 1.82) is 5.26 Å². The van der Waals surface area contributed by atoms with E-state index < -0.39 is 0 Å². The van der Waals surface area contributed by atoms with Crippen LogP contribution in [0.25, 0.3) is 10.8 Å². The van der Waals surface area contributed by atoms with Gasteiger partial charge in [0, 0.05) is 16.4 Å². The summed E-state index contributed by atoms with van der Waals surface area (Å²) in [6, 6.07) is 12.4. The smallest absolute Gasteiger partial charge is 0.268 e. The fourth-order valence-electron chi connectivity index (χ4n) is 2.12. The average molecular weight is 352 g/mol. The minimum Gasteiger partial charge on any atom is -0.347 e. The summed E-state index contributed by atoms with van der Waals surface area (Å²) in [5.41, 5.74) is 1.05. The highest BCUT2D eigenvalue weighted by molar-refractivity contribution is 7.15. The summed E-state index contributed by atoms with van der Waals surface area (Å²) >= 11 is 1.50. The van der Waals surface area contributed by atoms with Gasteiger partial charge in [-0.15, -0.1) is 11.3 Å². The summed E-state index contributed by atoms with van der Waals surface area (Å²) in [7, 11) is 0. The first-order valence-corrected chi connectivity index (χ1v) is 8.59. The van der Waals surface area contributed by atoms with E-state index in [-0.39, 0.29) is 11.8 Å². The van der Waals surface area contributed by atoms with Gasteiger partial charge in [0.25, 0.3) is 11.8 Å². The molecule has 1 aromatic carbocycles. The highest BCUT2D eigenvalue weighted by atomic mass is 32.1. The molecule has 25 heavy (non-hydrogen) atoms. The van der Waals surface area contributed by atoms with E-state index in [0.717, 1.165) is 9.75 Å². The molecule has 0 bridgehead atoms. The summed E-state index contributed by atoms with van der Waals surface area (Å²) in [5.74, 6) is 1.21. The van der Waals surface area contributed by atoms with Crippen molar-refractivity contribution >= 4 is 17.2 Å². The molecule has 0 spiro atoms. The van der Waals surface area contributed by atoms with Crippen molar-refractivity contribution in [3.05, 3.63) is 58.2 Å². The van der Waals surface area contributed by atoms with Crippen molar-refractivity contribution in [1.82, 2.24) is 15.5 Å². The predicted octanol–water partition coefficient (Wildman–Crippen LogP) is 3.72. The number of hydrogen-bond acceptors (Lipinski definition) is 6. The number of hydrogen-bond donors (Lipinski definition) is 1. The molecule has 0 saturated carbocycles. The maximum Gasteiger partial charge on any atom is 0.268 e. The van der Waals surface area contributed by atoms with Crippen molar-refractivity contribution in [3.63, 3.8) is 0 Å². The van der Waals surface area contributed by atoms with Gasteiger partial charge >= 0.3 is 0 Å². The second-order valence-corrected chi connectivity index (χ2v) is 6.92. The molecule has 126 valence electrons. The van der Waals surface area contributed by atoms with Crippen molar-refractivity contribution in [3.8, 4) is 16.8 Å². The lowest BCUT2D eigenvalue weighted by atomic mass is 10.1. The van der Waals surface area contributed by atoms with Crippen LogP contribution in [-0.2, 0) is 6.54 Å². The number of benzene rings is 1. The van der Waals surface area contributed by atoms with Crippen molar-refractivity contribution < 1.29 is 9.32 Å². The Morgan fingerprint density at radius 3 is 2.68 bits per heavy atom. The molecular weight excluding hydrogens is 336 g/mol. The number of nitrogens with one attached hydrogen (secondary N) is 1. The lowest BCUT2D eigenvalue weighted by Gasteiger charge is -2.03. The molecule has 0 atom stereocenters. The number of nitriles is 1. The predicted molar refractivity (Wildman–Crippen MR) is 94.0 cm³/mol. The minimum atomic E-state index is -0.181. The van der Waals surface area contributed by atoms with Crippen LogP contribution in [0.15, 0.2) is 40.9 Å². The van der Waals surface area contributed by atoms with Crippen molar-refractivity contribution in [2.75, 3.05) is 0 Å². The second kappa shape index (κ2) is 7.28. The molecule has 0 aliphatic carbocycles. The van der Waals surface area contributed by atoms with E-state index in [1.807, 2.05) is 32.0 Å². The largest absolute Gasteiger partial charge is 0.347 e. The Balaban J connectivity index is 1.63. The number of amides is 1. The Morgan fingerprint density at radius 2 is 2.04 bits per heavy atom. The standard InChI is InChI=1S/C18H16N4O2S/c1-11(2)16-21-18(24-22-16)15-8-7-14(25-15)10-20-17(23)13-5-3-12(9-19)4-6-13/h3-8,11H,10H2,1-2H3,(H,20,23). The Kier molecular flexibility index (Phi) is 4.91. The molecule has 3 aromatic rings.